The maximum atomic E-state index is 11.3. The second-order valence-electron chi connectivity index (χ2n) is 2.95. The van der Waals surface area contributed by atoms with Gasteiger partial charge in [-0.2, -0.15) is 5.10 Å². The van der Waals surface area contributed by atoms with Crippen LogP contribution in [0.25, 0.3) is 0 Å². The Hall–Kier alpha value is -1.65. The lowest BCUT2D eigenvalue weighted by molar-refractivity contribution is -0.135. The fourth-order valence-corrected chi connectivity index (χ4v) is 1.40. The van der Waals surface area contributed by atoms with Gasteiger partial charge >= 0.3 is 0 Å². The maximum Gasteiger partial charge on any atom is 0.251 e. The molecule has 2 heterocycles. The van der Waals surface area contributed by atoms with Gasteiger partial charge < -0.3 is 0 Å². The quantitative estimate of drug-likeness (QED) is 0.610. The summed E-state index contributed by atoms with van der Waals surface area (Å²) in [5, 5.41) is 6.24. The molecule has 0 spiro atoms. The third kappa shape index (κ3) is 1.44. The SMILES string of the molecule is O=C1CCC(n2cccn2)C(=O)N1. The van der Waals surface area contributed by atoms with Crippen LogP contribution in [-0.4, -0.2) is 21.6 Å². The molecule has 1 atom stereocenters. The van der Waals surface area contributed by atoms with Gasteiger partial charge in [-0.25, -0.2) is 0 Å². The van der Waals surface area contributed by atoms with E-state index in [4.69, 9.17) is 0 Å². The summed E-state index contributed by atoms with van der Waals surface area (Å²) >= 11 is 0. The number of hydrogen-bond acceptors (Lipinski definition) is 3. The van der Waals surface area contributed by atoms with Gasteiger partial charge in [0.15, 0.2) is 0 Å². The predicted octanol–water partition coefficient (Wildman–Crippen LogP) is -0.139. The molecular formula is C8H9N3O2. The van der Waals surface area contributed by atoms with Gasteiger partial charge in [0.1, 0.15) is 6.04 Å². The van der Waals surface area contributed by atoms with Crippen LogP contribution in [0, 0.1) is 0 Å². The van der Waals surface area contributed by atoms with Crippen molar-refractivity contribution in [1.82, 2.24) is 15.1 Å². The van der Waals surface area contributed by atoms with E-state index in [1.807, 2.05) is 0 Å². The Balaban J connectivity index is 2.17. The average Bonchev–Trinajstić information content (AvgIpc) is 2.56. The molecule has 1 aromatic heterocycles. The number of piperidine rings is 1. The minimum atomic E-state index is -0.326. The summed E-state index contributed by atoms with van der Waals surface area (Å²) in [6, 6.07) is 1.43. The standard InChI is InChI=1S/C8H9N3O2/c12-7-3-2-6(8(13)10-7)11-5-1-4-9-11/h1,4-6H,2-3H2,(H,10,12,13). The van der Waals surface area contributed by atoms with Crippen molar-refractivity contribution in [2.75, 3.05) is 0 Å². The van der Waals surface area contributed by atoms with E-state index in [1.54, 1.807) is 23.1 Å². The van der Waals surface area contributed by atoms with Crippen LogP contribution in [0.1, 0.15) is 18.9 Å². The molecule has 1 unspecified atom stereocenters. The minimum Gasteiger partial charge on any atom is -0.295 e. The van der Waals surface area contributed by atoms with Gasteiger partial charge in [-0.3, -0.25) is 19.6 Å². The number of carbonyl (C=O) groups is 2. The van der Waals surface area contributed by atoms with E-state index in [2.05, 4.69) is 10.4 Å². The highest BCUT2D eigenvalue weighted by Crippen LogP contribution is 2.16. The van der Waals surface area contributed by atoms with E-state index in [-0.39, 0.29) is 17.9 Å². The zero-order chi connectivity index (χ0) is 9.26. The lowest BCUT2D eigenvalue weighted by Gasteiger charge is -2.20. The fraction of sp³-hybridized carbons (Fsp3) is 0.375. The second-order valence-corrected chi connectivity index (χ2v) is 2.95. The first kappa shape index (κ1) is 7.97. The molecule has 0 radical (unpaired) electrons. The average molecular weight is 179 g/mol. The molecular weight excluding hydrogens is 170 g/mol. The minimum absolute atomic E-state index is 0.201. The number of hydrogen-bond donors (Lipinski definition) is 1. The third-order valence-electron chi connectivity index (χ3n) is 2.05. The van der Waals surface area contributed by atoms with E-state index in [9.17, 15) is 9.59 Å². The van der Waals surface area contributed by atoms with E-state index in [0.29, 0.717) is 12.8 Å². The van der Waals surface area contributed by atoms with Crippen molar-refractivity contribution < 1.29 is 9.59 Å². The molecule has 0 bridgehead atoms. The Morgan fingerprint density at radius 1 is 1.54 bits per heavy atom. The van der Waals surface area contributed by atoms with Crippen molar-refractivity contribution in [1.29, 1.82) is 0 Å². The van der Waals surface area contributed by atoms with E-state index in [0.717, 1.165) is 0 Å². The van der Waals surface area contributed by atoms with Gasteiger partial charge in [-0.1, -0.05) is 0 Å². The zero-order valence-corrected chi connectivity index (χ0v) is 6.93. The molecule has 1 fully saturated rings. The number of carbonyl (C=O) groups excluding carboxylic acids is 2. The Kier molecular flexibility index (Phi) is 1.84. The molecule has 1 aliphatic rings. The van der Waals surface area contributed by atoms with Gasteiger partial charge in [0.25, 0.3) is 5.91 Å². The summed E-state index contributed by atoms with van der Waals surface area (Å²) < 4.78 is 1.57. The first-order valence-electron chi connectivity index (χ1n) is 4.10. The van der Waals surface area contributed by atoms with Crippen molar-refractivity contribution in [2.45, 2.75) is 18.9 Å². The molecule has 0 aliphatic carbocycles. The number of rotatable bonds is 1. The number of aromatic nitrogens is 2. The van der Waals surface area contributed by atoms with Gasteiger partial charge in [-0.05, 0) is 12.5 Å². The highest BCUT2D eigenvalue weighted by molar-refractivity contribution is 5.99. The first-order valence-corrected chi connectivity index (χ1v) is 4.10. The van der Waals surface area contributed by atoms with Crippen molar-refractivity contribution in [3.8, 4) is 0 Å². The summed E-state index contributed by atoms with van der Waals surface area (Å²) in [6.07, 6.45) is 4.26. The normalized spacial score (nSPS) is 22.9. The molecule has 0 saturated carbocycles. The zero-order valence-electron chi connectivity index (χ0n) is 6.93. The predicted molar refractivity (Wildman–Crippen MR) is 43.6 cm³/mol. The smallest absolute Gasteiger partial charge is 0.251 e. The summed E-state index contributed by atoms with van der Waals surface area (Å²) in [7, 11) is 0. The number of nitrogens with zero attached hydrogens (tertiary/aromatic N) is 2. The molecule has 2 rings (SSSR count). The van der Waals surface area contributed by atoms with Crippen molar-refractivity contribution in [3.63, 3.8) is 0 Å². The molecule has 5 nitrogen and oxygen atoms in total. The van der Waals surface area contributed by atoms with Crippen LogP contribution >= 0.6 is 0 Å². The van der Waals surface area contributed by atoms with Crippen molar-refractivity contribution in [2.24, 2.45) is 0 Å². The molecule has 68 valence electrons. The monoisotopic (exact) mass is 179 g/mol. The van der Waals surface area contributed by atoms with Gasteiger partial charge in [-0.15, -0.1) is 0 Å². The van der Waals surface area contributed by atoms with E-state index >= 15 is 0 Å². The van der Waals surface area contributed by atoms with Crippen LogP contribution < -0.4 is 5.32 Å². The lowest BCUT2D eigenvalue weighted by Crippen LogP contribution is -2.41. The van der Waals surface area contributed by atoms with Gasteiger partial charge in [0, 0.05) is 18.8 Å². The van der Waals surface area contributed by atoms with E-state index < -0.39 is 0 Å². The van der Waals surface area contributed by atoms with Crippen molar-refractivity contribution >= 4 is 11.8 Å². The summed E-state index contributed by atoms with van der Waals surface area (Å²) in [4.78, 5) is 22.1. The topological polar surface area (TPSA) is 64.0 Å². The molecule has 5 heteroatoms. The number of amides is 2. The van der Waals surface area contributed by atoms with Crippen molar-refractivity contribution in [3.05, 3.63) is 18.5 Å². The van der Waals surface area contributed by atoms with Gasteiger partial charge in [0.2, 0.25) is 5.91 Å². The molecule has 0 aromatic carbocycles. The van der Waals surface area contributed by atoms with Crippen LogP contribution in [0.2, 0.25) is 0 Å². The number of nitrogens with one attached hydrogen (secondary N) is 1. The Morgan fingerprint density at radius 3 is 3.00 bits per heavy atom. The van der Waals surface area contributed by atoms with Gasteiger partial charge in [0.05, 0.1) is 0 Å². The molecule has 1 aromatic rings. The largest absolute Gasteiger partial charge is 0.295 e. The fourth-order valence-electron chi connectivity index (χ4n) is 1.40. The molecule has 1 N–H and O–H groups in total. The molecule has 1 saturated heterocycles. The molecule has 1 aliphatic heterocycles. The summed E-state index contributed by atoms with van der Waals surface area (Å²) in [5.41, 5.74) is 0. The Morgan fingerprint density at radius 2 is 2.38 bits per heavy atom. The van der Waals surface area contributed by atoms with Crippen LogP contribution in [0.4, 0.5) is 0 Å². The van der Waals surface area contributed by atoms with Crippen LogP contribution in [-0.2, 0) is 9.59 Å². The van der Waals surface area contributed by atoms with Crippen LogP contribution in [0.15, 0.2) is 18.5 Å². The Labute approximate surface area is 74.7 Å². The molecule has 2 amide bonds. The molecule has 13 heavy (non-hydrogen) atoms. The Bertz CT molecular complexity index is 331. The highest BCUT2D eigenvalue weighted by atomic mass is 16.2. The highest BCUT2D eigenvalue weighted by Gasteiger charge is 2.27. The van der Waals surface area contributed by atoms with E-state index in [1.165, 1.54) is 0 Å². The maximum absolute atomic E-state index is 11.3. The number of imide groups is 1. The lowest BCUT2D eigenvalue weighted by atomic mass is 10.1. The summed E-state index contributed by atoms with van der Waals surface area (Å²) in [6.45, 7) is 0. The van der Waals surface area contributed by atoms with Crippen LogP contribution in [0.3, 0.4) is 0 Å². The third-order valence-corrected chi connectivity index (χ3v) is 2.05. The first-order chi connectivity index (χ1) is 6.27. The van der Waals surface area contributed by atoms with Crippen LogP contribution in [0.5, 0.6) is 0 Å². The second kappa shape index (κ2) is 3.01. The summed E-state index contributed by atoms with van der Waals surface area (Å²) in [5.74, 6) is -0.464.